The van der Waals surface area contributed by atoms with Crippen LogP contribution in [0.3, 0.4) is 0 Å². The molecule has 0 unspecified atom stereocenters. The molecule has 1 amide bonds. The van der Waals surface area contributed by atoms with E-state index in [1.165, 1.54) is 32.1 Å². The Labute approximate surface area is 120 Å². The van der Waals surface area contributed by atoms with Gasteiger partial charge >= 0.3 is 0 Å². The second-order valence-electron chi connectivity index (χ2n) is 5.07. The summed E-state index contributed by atoms with van der Waals surface area (Å²) in [6.45, 7) is 2.55. The van der Waals surface area contributed by atoms with Gasteiger partial charge in [-0.2, -0.15) is 5.10 Å². The minimum atomic E-state index is -0.180. The van der Waals surface area contributed by atoms with Crippen molar-refractivity contribution in [3.63, 3.8) is 0 Å². The van der Waals surface area contributed by atoms with Gasteiger partial charge in [0.15, 0.2) is 0 Å². The molecule has 20 heavy (non-hydrogen) atoms. The van der Waals surface area contributed by atoms with Crippen molar-refractivity contribution in [3.8, 4) is 5.75 Å². The smallest absolute Gasteiger partial charge is 0.271 e. The zero-order valence-corrected chi connectivity index (χ0v) is 12.0. The van der Waals surface area contributed by atoms with Crippen molar-refractivity contribution in [2.45, 2.75) is 39.0 Å². The molecule has 1 aliphatic carbocycles. The Morgan fingerprint density at radius 1 is 1.30 bits per heavy atom. The van der Waals surface area contributed by atoms with E-state index >= 15 is 0 Å². The van der Waals surface area contributed by atoms with E-state index in [-0.39, 0.29) is 5.91 Å². The summed E-state index contributed by atoms with van der Waals surface area (Å²) >= 11 is 0. The van der Waals surface area contributed by atoms with Crippen molar-refractivity contribution in [2.24, 2.45) is 11.0 Å². The standard InChI is InChI=1S/C16H22N2O2/c1-2-20-15-10-8-14(9-11-15)16(19)18-17-12-13-6-4-3-5-7-13/h8-13H,2-7H2,1H3,(H,18,19)/b17-12+. The van der Waals surface area contributed by atoms with E-state index in [2.05, 4.69) is 10.5 Å². The molecular weight excluding hydrogens is 252 g/mol. The molecule has 1 saturated carbocycles. The highest BCUT2D eigenvalue weighted by Gasteiger charge is 2.11. The molecule has 1 aromatic carbocycles. The number of rotatable bonds is 5. The lowest BCUT2D eigenvalue weighted by Gasteiger charge is -2.16. The monoisotopic (exact) mass is 274 g/mol. The molecule has 4 heteroatoms. The highest BCUT2D eigenvalue weighted by molar-refractivity contribution is 5.94. The molecule has 0 aromatic heterocycles. The topological polar surface area (TPSA) is 50.7 Å². The molecule has 1 aliphatic rings. The highest BCUT2D eigenvalue weighted by Crippen LogP contribution is 2.21. The van der Waals surface area contributed by atoms with Gasteiger partial charge in [-0.15, -0.1) is 0 Å². The molecule has 108 valence electrons. The molecule has 0 radical (unpaired) electrons. The number of nitrogens with zero attached hydrogens (tertiary/aromatic N) is 1. The lowest BCUT2D eigenvalue weighted by atomic mass is 9.90. The van der Waals surface area contributed by atoms with E-state index in [1.807, 2.05) is 13.1 Å². The highest BCUT2D eigenvalue weighted by atomic mass is 16.5. The van der Waals surface area contributed by atoms with Gasteiger partial charge in [0, 0.05) is 11.8 Å². The van der Waals surface area contributed by atoms with Gasteiger partial charge in [0.1, 0.15) is 5.75 Å². The fourth-order valence-corrected chi connectivity index (χ4v) is 2.42. The summed E-state index contributed by atoms with van der Waals surface area (Å²) in [6.07, 6.45) is 8.10. The molecule has 0 spiro atoms. The van der Waals surface area contributed by atoms with Crippen molar-refractivity contribution >= 4 is 12.1 Å². The van der Waals surface area contributed by atoms with Gasteiger partial charge in [-0.05, 0) is 49.9 Å². The van der Waals surface area contributed by atoms with E-state index in [0.717, 1.165) is 5.75 Å². The average Bonchev–Trinajstić information content (AvgIpc) is 2.49. The van der Waals surface area contributed by atoms with Crippen molar-refractivity contribution in [2.75, 3.05) is 6.61 Å². The first-order valence-corrected chi connectivity index (χ1v) is 7.36. The quantitative estimate of drug-likeness (QED) is 0.661. The summed E-state index contributed by atoms with van der Waals surface area (Å²) in [5.74, 6) is 1.11. The molecule has 1 aromatic rings. The maximum atomic E-state index is 11.9. The molecule has 0 atom stereocenters. The number of hydrogen-bond donors (Lipinski definition) is 1. The van der Waals surface area contributed by atoms with Crippen molar-refractivity contribution < 1.29 is 9.53 Å². The Balaban J connectivity index is 1.83. The summed E-state index contributed by atoms with van der Waals surface area (Å²) in [4.78, 5) is 11.9. The fraction of sp³-hybridized carbons (Fsp3) is 0.500. The third-order valence-corrected chi connectivity index (χ3v) is 3.53. The molecule has 1 N–H and O–H groups in total. The minimum Gasteiger partial charge on any atom is -0.494 e. The van der Waals surface area contributed by atoms with Crippen LogP contribution in [0, 0.1) is 5.92 Å². The molecule has 0 saturated heterocycles. The summed E-state index contributed by atoms with van der Waals surface area (Å²) in [5.41, 5.74) is 3.18. The maximum absolute atomic E-state index is 11.9. The van der Waals surface area contributed by atoms with Crippen LogP contribution < -0.4 is 10.2 Å². The fourth-order valence-electron chi connectivity index (χ4n) is 2.42. The zero-order chi connectivity index (χ0) is 14.2. The van der Waals surface area contributed by atoms with Gasteiger partial charge in [-0.25, -0.2) is 5.43 Å². The Bertz CT molecular complexity index is 448. The van der Waals surface area contributed by atoms with Crippen LogP contribution in [0.5, 0.6) is 5.75 Å². The van der Waals surface area contributed by atoms with Gasteiger partial charge in [-0.3, -0.25) is 4.79 Å². The van der Waals surface area contributed by atoms with Crippen LogP contribution in [-0.2, 0) is 0 Å². The Kier molecular flexibility index (Phi) is 5.59. The number of nitrogens with one attached hydrogen (secondary N) is 1. The molecular formula is C16H22N2O2. The van der Waals surface area contributed by atoms with Crippen molar-refractivity contribution in [1.82, 2.24) is 5.43 Å². The number of carbonyl (C=O) groups excluding carboxylic acids is 1. The SMILES string of the molecule is CCOc1ccc(C(=O)N/N=C/C2CCCCC2)cc1. The largest absolute Gasteiger partial charge is 0.494 e. The average molecular weight is 274 g/mol. The van der Waals surface area contributed by atoms with Gasteiger partial charge < -0.3 is 4.74 Å². The molecule has 0 bridgehead atoms. The van der Waals surface area contributed by atoms with Gasteiger partial charge in [0.05, 0.1) is 6.61 Å². The molecule has 0 heterocycles. The Hall–Kier alpha value is -1.84. The van der Waals surface area contributed by atoms with Gasteiger partial charge in [0.2, 0.25) is 0 Å². The second kappa shape index (κ2) is 7.68. The van der Waals surface area contributed by atoms with Crippen LogP contribution in [0.15, 0.2) is 29.4 Å². The number of amides is 1. The normalized spacial score (nSPS) is 16.2. The summed E-state index contributed by atoms with van der Waals surface area (Å²) in [6, 6.07) is 7.08. The zero-order valence-electron chi connectivity index (χ0n) is 12.0. The number of benzene rings is 1. The van der Waals surface area contributed by atoms with E-state index in [1.54, 1.807) is 24.3 Å². The molecule has 1 fully saturated rings. The van der Waals surface area contributed by atoms with E-state index in [4.69, 9.17) is 4.74 Å². The number of hydrogen-bond acceptors (Lipinski definition) is 3. The summed E-state index contributed by atoms with van der Waals surface area (Å²) in [7, 11) is 0. The van der Waals surface area contributed by atoms with E-state index in [9.17, 15) is 4.79 Å². The number of carbonyl (C=O) groups is 1. The second-order valence-corrected chi connectivity index (χ2v) is 5.07. The van der Waals surface area contributed by atoms with E-state index < -0.39 is 0 Å². The van der Waals surface area contributed by atoms with Crippen LogP contribution in [-0.4, -0.2) is 18.7 Å². The summed E-state index contributed by atoms with van der Waals surface area (Å²) < 4.78 is 5.34. The van der Waals surface area contributed by atoms with Gasteiger partial charge in [0.25, 0.3) is 5.91 Å². The lowest BCUT2D eigenvalue weighted by Crippen LogP contribution is -2.19. The first-order chi connectivity index (χ1) is 9.79. The third-order valence-electron chi connectivity index (χ3n) is 3.53. The molecule has 2 rings (SSSR count). The van der Waals surface area contributed by atoms with Crippen LogP contribution in [0.1, 0.15) is 49.4 Å². The van der Waals surface area contributed by atoms with Crippen LogP contribution in [0.2, 0.25) is 0 Å². The van der Waals surface area contributed by atoms with Crippen molar-refractivity contribution in [3.05, 3.63) is 29.8 Å². The first-order valence-electron chi connectivity index (χ1n) is 7.36. The van der Waals surface area contributed by atoms with E-state index in [0.29, 0.717) is 18.1 Å². The first kappa shape index (κ1) is 14.6. The number of ether oxygens (including phenoxy) is 1. The van der Waals surface area contributed by atoms with Crippen LogP contribution in [0.4, 0.5) is 0 Å². The van der Waals surface area contributed by atoms with Crippen LogP contribution in [0.25, 0.3) is 0 Å². The molecule has 0 aliphatic heterocycles. The Morgan fingerprint density at radius 2 is 2.00 bits per heavy atom. The predicted molar refractivity (Wildman–Crippen MR) is 80.1 cm³/mol. The minimum absolute atomic E-state index is 0.180. The Morgan fingerprint density at radius 3 is 2.65 bits per heavy atom. The maximum Gasteiger partial charge on any atom is 0.271 e. The lowest BCUT2D eigenvalue weighted by molar-refractivity contribution is 0.0955. The van der Waals surface area contributed by atoms with Crippen LogP contribution >= 0.6 is 0 Å². The molecule has 4 nitrogen and oxygen atoms in total. The predicted octanol–water partition coefficient (Wildman–Crippen LogP) is 3.38. The summed E-state index contributed by atoms with van der Waals surface area (Å²) in [5, 5.41) is 4.07. The van der Waals surface area contributed by atoms with Gasteiger partial charge in [-0.1, -0.05) is 19.3 Å². The third kappa shape index (κ3) is 4.37. The number of hydrazone groups is 1. The van der Waals surface area contributed by atoms with Crippen molar-refractivity contribution in [1.29, 1.82) is 0 Å².